The van der Waals surface area contributed by atoms with Crippen LogP contribution in [0.3, 0.4) is 0 Å². The van der Waals surface area contributed by atoms with Crippen molar-refractivity contribution in [3.8, 4) is 112 Å². The van der Waals surface area contributed by atoms with Gasteiger partial charge in [0.2, 0.25) is 0 Å². The normalized spacial score (nSPS) is 12.0. The molecule has 28 aromatic rings. The van der Waals surface area contributed by atoms with E-state index in [1.54, 1.807) is 0 Å². The smallest absolute Gasteiger partial charge is 0.143 e. The van der Waals surface area contributed by atoms with Crippen LogP contribution in [-0.2, 0) is 0 Å². The topological polar surface area (TPSA) is 105 Å². The molecule has 8 nitrogen and oxygen atoms in total. The zero-order valence-corrected chi connectivity index (χ0v) is 69.8. The zero-order valence-electron chi connectivity index (χ0n) is 69.8. The highest BCUT2D eigenvalue weighted by atomic mass is 16.3. The fourth-order valence-corrected chi connectivity index (χ4v) is 20.5. The van der Waals surface area contributed by atoms with E-state index in [4.69, 9.17) is 36.5 Å². The maximum absolute atomic E-state index is 6.64. The van der Waals surface area contributed by atoms with Crippen molar-refractivity contribution in [1.29, 1.82) is 0 Å². The molecule has 8 aromatic heterocycles. The van der Waals surface area contributed by atoms with Gasteiger partial charge in [-0.25, -0.2) is 9.97 Å². The Morgan fingerprint density at radius 2 is 0.423 bits per heavy atom. The molecule has 28 rings (SSSR count). The Labute approximate surface area is 742 Å². The molecule has 0 amide bonds. The van der Waals surface area contributed by atoms with Crippen molar-refractivity contribution < 1.29 is 26.5 Å². The van der Waals surface area contributed by atoms with Gasteiger partial charge in [-0.3, -0.25) is 0 Å². The third-order valence-corrected chi connectivity index (χ3v) is 26.5. The first-order valence-electron chi connectivity index (χ1n) is 44.0. The molecule has 8 heterocycles. The van der Waals surface area contributed by atoms with Gasteiger partial charge >= 0.3 is 0 Å². The minimum Gasteiger partial charge on any atom is -0.456 e. The average molecular weight is 1660 g/mol. The van der Waals surface area contributed by atoms with Crippen LogP contribution in [0.2, 0.25) is 0 Å². The summed E-state index contributed by atoms with van der Waals surface area (Å²) in [5.74, 6) is 0. The van der Waals surface area contributed by atoms with E-state index in [-0.39, 0.29) is 0 Å². The number of para-hydroxylation sites is 10. The van der Waals surface area contributed by atoms with Gasteiger partial charge in [0.05, 0.1) is 22.4 Å². The number of nitrogens with zero attached hydrogens (tertiary/aromatic N) is 2. The second kappa shape index (κ2) is 29.1. The van der Waals surface area contributed by atoms with Crippen LogP contribution >= 0.6 is 0 Å². The summed E-state index contributed by atoms with van der Waals surface area (Å²) >= 11 is 0. The third kappa shape index (κ3) is 11.7. The van der Waals surface area contributed by atoms with Gasteiger partial charge in [0.25, 0.3) is 0 Å². The SMILES string of the molecule is c1ccc(-c2c3c(cc4c(-c5ccc(-c6cc(-c7ccc8c(c7)oc7ccccc78)cc(-c7ccc8c(c7)oc7ccccc78)c6)cc5)nc5ccccc5c24)oc2ccccc23)cc1.c1ccc(-c2c3c(cc4c(-c5ccc(-c6cc(-c7cccc8c7oc7ccccc78)cc(-c7cccc8c7oc7ccccc78)c6)cc5)nc5ccccc5c24)oc2ccccc23)cc1. The summed E-state index contributed by atoms with van der Waals surface area (Å²) in [6.07, 6.45) is 0. The third-order valence-electron chi connectivity index (χ3n) is 26.5. The van der Waals surface area contributed by atoms with Gasteiger partial charge in [0.15, 0.2) is 0 Å². The predicted molar refractivity (Wildman–Crippen MR) is 537 cm³/mol. The monoisotopic (exact) mass is 1660 g/mol. The molecular weight excluding hydrogens is 1590 g/mol. The Bertz CT molecular complexity index is 9290. The van der Waals surface area contributed by atoms with Crippen LogP contribution in [0.25, 0.3) is 287 Å². The number of fused-ring (bicyclic) bond motifs is 24. The van der Waals surface area contributed by atoms with Crippen LogP contribution in [-0.4, -0.2) is 9.97 Å². The Morgan fingerprint density at radius 1 is 0.138 bits per heavy atom. The number of hydrogen-bond donors (Lipinski definition) is 0. The molecule has 0 aliphatic carbocycles. The Hall–Kier alpha value is -17.5. The molecule has 0 saturated heterocycles. The van der Waals surface area contributed by atoms with Crippen LogP contribution in [0.5, 0.6) is 0 Å². The summed E-state index contributed by atoms with van der Waals surface area (Å²) in [6, 6.07) is 150. The van der Waals surface area contributed by atoms with E-state index < -0.39 is 0 Å². The first kappa shape index (κ1) is 72.9. The summed E-state index contributed by atoms with van der Waals surface area (Å²) in [6.45, 7) is 0. The number of rotatable bonds is 10. The molecule has 0 saturated carbocycles. The number of furan rings is 6. The zero-order chi connectivity index (χ0) is 85.2. The van der Waals surface area contributed by atoms with E-state index in [0.717, 1.165) is 281 Å². The summed E-state index contributed by atoms with van der Waals surface area (Å²) in [4.78, 5) is 10.8. The lowest BCUT2D eigenvalue weighted by molar-refractivity contribution is 0.668. The van der Waals surface area contributed by atoms with E-state index >= 15 is 0 Å². The molecule has 0 aliphatic rings. The van der Waals surface area contributed by atoms with Crippen LogP contribution in [0.4, 0.5) is 0 Å². The molecule has 0 aliphatic heterocycles. The van der Waals surface area contributed by atoms with Crippen LogP contribution in [0.15, 0.2) is 451 Å². The molecule has 604 valence electrons. The van der Waals surface area contributed by atoms with Gasteiger partial charge in [-0.15, -0.1) is 0 Å². The summed E-state index contributed by atoms with van der Waals surface area (Å²) in [7, 11) is 0. The van der Waals surface area contributed by atoms with Crippen molar-refractivity contribution >= 4 is 175 Å². The van der Waals surface area contributed by atoms with Gasteiger partial charge in [0.1, 0.15) is 67.0 Å². The second-order valence-electron chi connectivity index (χ2n) is 33.9. The largest absolute Gasteiger partial charge is 0.456 e. The van der Waals surface area contributed by atoms with Crippen molar-refractivity contribution in [2.75, 3.05) is 0 Å². The fraction of sp³-hybridized carbons (Fsp3) is 0. The standard InChI is InChI=1S/2C61H35NO3/c1-2-14-37(15-3-1)56-57-48-18-4-8-24-51(48)62-59(50(57)35-55-58(56)49-19-7-11-27-54(49)63-55)38-30-28-36(29-31-38)39-32-40(42-20-12-22-46-44-16-5-9-25-52(44)64-60(42)46)34-41(33-39)43-21-13-23-47-45-17-6-10-26-53(45)65-61(43)47;1-2-12-37(13-3-1)58-59-48-16-4-8-18-51(48)62-61(50(59)35-57-60(58)49-17-7-11-21-54(49)65-57)38-24-22-36(23-25-38)41-30-42(39-26-28-46-44-14-5-9-19-52(44)63-55(46)33-39)32-43(31-41)40-27-29-47-45-15-6-10-20-53(45)64-56(47)34-40/h2*1-35H. The lowest BCUT2D eigenvalue weighted by Crippen LogP contribution is -1.93. The van der Waals surface area contributed by atoms with Crippen LogP contribution in [0.1, 0.15) is 0 Å². The van der Waals surface area contributed by atoms with Gasteiger partial charge in [0, 0.05) is 130 Å². The Balaban J connectivity index is 0.000000134. The van der Waals surface area contributed by atoms with E-state index in [2.05, 4.69) is 364 Å². The molecule has 130 heavy (non-hydrogen) atoms. The van der Waals surface area contributed by atoms with Crippen molar-refractivity contribution in [3.05, 3.63) is 425 Å². The molecule has 0 atom stereocenters. The average Bonchev–Trinajstić information content (AvgIpc) is 1.42. The van der Waals surface area contributed by atoms with Gasteiger partial charge in [-0.05, 0) is 188 Å². The van der Waals surface area contributed by atoms with E-state index in [9.17, 15) is 0 Å². The predicted octanol–water partition coefficient (Wildman–Crippen LogP) is 34.8. The maximum Gasteiger partial charge on any atom is 0.143 e. The molecule has 8 heteroatoms. The van der Waals surface area contributed by atoms with E-state index in [1.165, 1.54) is 5.39 Å². The first-order chi connectivity index (χ1) is 64.4. The lowest BCUT2D eigenvalue weighted by atomic mass is 9.89. The number of hydrogen-bond acceptors (Lipinski definition) is 8. The van der Waals surface area contributed by atoms with Crippen molar-refractivity contribution in [2.24, 2.45) is 0 Å². The van der Waals surface area contributed by atoms with Crippen LogP contribution in [0, 0.1) is 0 Å². The Morgan fingerprint density at radius 3 is 0.831 bits per heavy atom. The van der Waals surface area contributed by atoms with Crippen molar-refractivity contribution in [1.82, 2.24) is 9.97 Å². The summed E-state index contributed by atoms with van der Waals surface area (Å²) < 4.78 is 39.3. The Kier molecular flexibility index (Phi) is 16.3. The number of aromatic nitrogens is 2. The van der Waals surface area contributed by atoms with E-state index in [0.29, 0.717) is 0 Å². The van der Waals surface area contributed by atoms with Gasteiger partial charge in [-0.2, -0.15) is 0 Å². The quantitative estimate of drug-likeness (QED) is 0.125. The molecule has 0 radical (unpaired) electrons. The second-order valence-corrected chi connectivity index (χ2v) is 33.9. The van der Waals surface area contributed by atoms with Crippen molar-refractivity contribution in [2.45, 2.75) is 0 Å². The summed E-state index contributed by atoms with van der Waals surface area (Å²) in [5.41, 5.74) is 33.7. The highest BCUT2D eigenvalue weighted by Gasteiger charge is 2.27. The number of pyridine rings is 2. The molecule has 20 aromatic carbocycles. The molecule has 0 spiro atoms. The first-order valence-corrected chi connectivity index (χ1v) is 44.0. The summed E-state index contributed by atoms with van der Waals surface area (Å²) in [5, 5.41) is 19.9. The minimum atomic E-state index is 0.843. The molecule has 0 fully saturated rings. The molecule has 0 N–H and O–H groups in total. The van der Waals surface area contributed by atoms with Gasteiger partial charge in [-0.1, -0.05) is 303 Å². The van der Waals surface area contributed by atoms with E-state index in [1.807, 2.05) is 60.7 Å². The fourth-order valence-electron chi connectivity index (χ4n) is 20.5. The number of benzene rings is 20. The maximum atomic E-state index is 6.64. The molecule has 0 unspecified atom stereocenters. The highest BCUT2D eigenvalue weighted by molar-refractivity contribution is 6.30. The lowest BCUT2D eigenvalue weighted by Gasteiger charge is -2.16. The van der Waals surface area contributed by atoms with Crippen molar-refractivity contribution in [3.63, 3.8) is 0 Å². The highest BCUT2D eigenvalue weighted by Crippen LogP contribution is 2.52. The molecule has 0 bridgehead atoms. The van der Waals surface area contributed by atoms with Gasteiger partial charge < -0.3 is 26.5 Å². The van der Waals surface area contributed by atoms with Crippen LogP contribution < -0.4 is 0 Å². The molecular formula is C122H70N2O6. The minimum absolute atomic E-state index is 0.843.